The highest BCUT2D eigenvalue weighted by Crippen LogP contribution is 2.12. The summed E-state index contributed by atoms with van der Waals surface area (Å²) in [5.74, 6) is -1.86. The summed E-state index contributed by atoms with van der Waals surface area (Å²) in [7, 11) is 1.35. The average Bonchev–Trinajstić information content (AvgIpc) is 2.35. The van der Waals surface area contributed by atoms with Gasteiger partial charge in [-0.05, 0) is 5.56 Å². The van der Waals surface area contributed by atoms with Crippen LogP contribution >= 0.6 is 0 Å². The van der Waals surface area contributed by atoms with E-state index in [0.29, 0.717) is 5.56 Å². The summed E-state index contributed by atoms with van der Waals surface area (Å²) in [6.45, 7) is -0.285. The molecule has 0 unspecified atom stereocenters. The zero-order valence-corrected chi connectivity index (χ0v) is 10.4. The number of carboxylic acids is 1. The third kappa shape index (κ3) is 4.30. The Morgan fingerprint density at radius 1 is 1.32 bits per heavy atom. The van der Waals surface area contributed by atoms with Crippen molar-refractivity contribution in [1.82, 2.24) is 10.2 Å². The van der Waals surface area contributed by atoms with Crippen LogP contribution in [0.5, 0.6) is 0 Å². The maximum absolute atomic E-state index is 11.7. The molecule has 102 valence electrons. The number of primary amides is 1. The number of nitrogens with two attached hydrogens (primary N) is 1. The van der Waals surface area contributed by atoms with Gasteiger partial charge in [-0.25, -0.2) is 9.59 Å². The van der Waals surface area contributed by atoms with Crippen LogP contribution in [-0.2, 0) is 9.59 Å². The number of benzene rings is 1. The van der Waals surface area contributed by atoms with Crippen LogP contribution in [0.2, 0.25) is 0 Å². The zero-order chi connectivity index (χ0) is 14.4. The topological polar surface area (TPSA) is 113 Å². The van der Waals surface area contributed by atoms with Gasteiger partial charge in [0.05, 0.1) is 0 Å². The molecule has 0 aliphatic rings. The molecule has 0 aromatic heterocycles. The molecule has 4 N–H and O–H groups in total. The van der Waals surface area contributed by atoms with E-state index in [-0.39, 0.29) is 6.54 Å². The average molecular weight is 265 g/mol. The summed E-state index contributed by atoms with van der Waals surface area (Å²) in [6, 6.07) is 6.40. The Hall–Kier alpha value is -2.57. The van der Waals surface area contributed by atoms with Crippen LogP contribution in [0.1, 0.15) is 11.6 Å². The number of urea groups is 1. The fraction of sp³-hybridized carbons (Fsp3) is 0.250. The van der Waals surface area contributed by atoms with E-state index >= 15 is 0 Å². The number of amides is 3. The minimum Gasteiger partial charge on any atom is -0.479 e. The third-order valence-electron chi connectivity index (χ3n) is 2.39. The predicted octanol–water partition coefficient (Wildman–Crippen LogP) is -0.0610. The molecule has 19 heavy (non-hydrogen) atoms. The molecule has 0 aliphatic heterocycles. The van der Waals surface area contributed by atoms with Crippen molar-refractivity contribution in [2.45, 2.75) is 6.04 Å². The number of carbonyl (C=O) groups excluding carboxylic acids is 2. The lowest BCUT2D eigenvalue weighted by atomic mass is 10.1. The first kappa shape index (κ1) is 14.5. The van der Waals surface area contributed by atoms with Gasteiger partial charge < -0.3 is 21.1 Å². The van der Waals surface area contributed by atoms with Crippen molar-refractivity contribution >= 4 is 17.9 Å². The van der Waals surface area contributed by atoms with Crippen LogP contribution in [-0.4, -0.2) is 41.5 Å². The van der Waals surface area contributed by atoms with Gasteiger partial charge in [0, 0.05) is 7.05 Å². The van der Waals surface area contributed by atoms with Gasteiger partial charge >= 0.3 is 12.0 Å². The van der Waals surface area contributed by atoms with Crippen LogP contribution in [0.3, 0.4) is 0 Å². The normalized spacial score (nSPS) is 11.4. The predicted molar refractivity (Wildman–Crippen MR) is 67.2 cm³/mol. The van der Waals surface area contributed by atoms with Gasteiger partial charge in [0.1, 0.15) is 6.54 Å². The highest BCUT2D eigenvalue weighted by Gasteiger charge is 2.23. The second-order valence-electron chi connectivity index (χ2n) is 3.95. The maximum Gasteiger partial charge on any atom is 0.330 e. The summed E-state index contributed by atoms with van der Waals surface area (Å²) in [4.78, 5) is 34.6. The highest BCUT2D eigenvalue weighted by atomic mass is 16.4. The molecule has 0 saturated heterocycles. The Labute approximate surface area is 110 Å². The smallest absolute Gasteiger partial charge is 0.330 e. The Bertz CT molecular complexity index is 475. The van der Waals surface area contributed by atoms with Crippen LogP contribution < -0.4 is 11.1 Å². The summed E-state index contributed by atoms with van der Waals surface area (Å²) in [5, 5.41) is 11.4. The number of hydrogen-bond acceptors (Lipinski definition) is 3. The number of hydrogen-bond donors (Lipinski definition) is 3. The van der Waals surface area contributed by atoms with Crippen molar-refractivity contribution in [2.24, 2.45) is 5.73 Å². The molecular formula is C12H15N3O4. The van der Waals surface area contributed by atoms with Crippen molar-refractivity contribution in [2.75, 3.05) is 13.6 Å². The fourth-order valence-electron chi connectivity index (χ4n) is 1.47. The van der Waals surface area contributed by atoms with E-state index in [1.54, 1.807) is 30.3 Å². The molecule has 0 aliphatic carbocycles. The molecule has 0 bridgehead atoms. The van der Waals surface area contributed by atoms with Crippen LogP contribution in [0.4, 0.5) is 4.79 Å². The monoisotopic (exact) mass is 265 g/mol. The molecule has 3 amide bonds. The van der Waals surface area contributed by atoms with E-state index in [0.717, 1.165) is 4.90 Å². The number of likely N-dealkylation sites (N-methyl/N-ethyl adjacent to an activating group) is 1. The molecule has 7 heteroatoms. The maximum atomic E-state index is 11.7. The summed E-state index contributed by atoms with van der Waals surface area (Å²) >= 11 is 0. The molecule has 1 atom stereocenters. The molecular weight excluding hydrogens is 250 g/mol. The van der Waals surface area contributed by atoms with Gasteiger partial charge in [0.2, 0.25) is 5.91 Å². The first-order valence-electron chi connectivity index (χ1n) is 5.49. The van der Waals surface area contributed by atoms with Crippen molar-refractivity contribution in [3.63, 3.8) is 0 Å². The molecule has 0 spiro atoms. The Kier molecular flexibility index (Phi) is 4.87. The Morgan fingerprint density at radius 2 is 1.89 bits per heavy atom. The second kappa shape index (κ2) is 6.39. The van der Waals surface area contributed by atoms with E-state index in [2.05, 4.69) is 5.32 Å². The van der Waals surface area contributed by atoms with Crippen LogP contribution in [0, 0.1) is 0 Å². The van der Waals surface area contributed by atoms with Gasteiger partial charge in [0.15, 0.2) is 6.04 Å². The summed E-state index contributed by atoms with van der Waals surface area (Å²) < 4.78 is 0. The van der Waals surface area contributed by atoms with E-state index in [4.69, 9.17) is 10.8 Å². The third-order valence-corrected chi connectivity index (χ3v) is 2.39. The van der Waals surface area contributed by atoms with E-state index in [1.165, 1.54) is 7.05 Å². The fourth-order valence-corrected chi connectivity index (χ4v) is 1.47. The van der Waals surface area contributed by atoms with Crippen LogP contribution in [0.15, 0.2) is 30.3 Å². The number of nitrogens with one attached hydrogen (secondary N) is 1. The lowest BCUT2D eigenvalue weighted by Gasteiger charge is -2.20. The highest BCUT2D eigenvalue weighted by molar-refractivity contribution is 5.86. The zero-order valence-electron chi connectivity index (χ0n) is 10.4. The quantitative estimate of drug-likeness (QED) is 0.692. The summed E-state index contributed by atoms with van der Waals surface area (Å²) in [5.41, 5.74) is 5.40. The van der Waals surface area contributed by atoms with E-state index in [1.807, 2.05) is 0 Å². The number of rotatable bonds is 5. The van der Waals surface area contributed by atoms with Crippen molar-refractivity contribution in [3.05, 3.63) is 35.9 Å². The SMILES string of the molecule is CN(CC(N)=O)C(=O)N[C@@H](C(=O)O)c1ccccc1. The molecule has 0 heterocycles. The molecule has 0 saturated carbocycles. The number of carboxylic acid groups (broad SMARTS) is 1. The summed E-state index contributed by atoms with van der Waals surface area (Å²) in [6.07, 6.45) is 0. The molecule has 1 aromatic rings. The first-order valence-corrected chi connectivity index (χ1v) is 5.49. The van der Waals surface area contributed by atoms with Gasteiger partial charge in [-0.1, -0.05) is 30.3 Å². The lowest BCUT2D eigenvalue weighted by molar-refractivity contribution is -0.139. The van der Waals surface area contributed by atoms with E-state index in [9.17, 15) is 14.4 Å². The van der Waals surface area contributed by atoms with Gasteiger partial charge in [-0.3, -0.25) is 4.79 Å². The minimum atomic E-state index is -1.19. The number of nitrogens with zero attached hydrogens (tertiary/aromatic N) is 1. The van der Waals surface area contributed by atoms with Crippen molar-refractivity contribution in [1.29, 1.82) is 0 Å². The molecule has 1 aromatic carbocycles. The largest absolute Gasteiger partial charge is 0.479 e. The number of aliphatic carboxylic acids is 1. The Morgan fingerprint density at radius 3 is 2.37 bits per heavy atom. The minimum absolute atomic E-state index is 0.285. The first-order chi connectivity index (χ1) is 8.91. The Balaban J connectivity index is 2.78. The van der Waals surface area contributed by atoms with E-state index < -0.39 is 23.9 Å². The lowest BCUT2D eigenvalue weighted by Crippen LogP contribution is -2.44. The van der Waals surface area contributed by atoms with Gasteiger partial charge in [-0.15, -0.1) is 0 Å². The second-order valence-corrected chi connectivity index (χ2v) is 3.95. The standard InChI is InChI=1S/C12H15N3O4/c1-15(7-9(13)16)12(19)14-10(11(17)18)8-5-3-2-4-6-8/h2-6,10H,7H2,1H3,(H2,13,16)(H,14,19)(H,17,18)/t10-/m1/s1. The molecule has 0 fully saturated rings. The van der Waals surface area contributed by atoms with Gasteiger partial charge in [0.25, 0.3) is 0 Å². The van der Waals surface area contributed by atoms with Crippen molar-refractivity contribution in [3.8, 4) is 0 Å². The molecule has 0 radical (unpaired) electrons. The van der Waals surface area contributed by atoms with Gasteiger partial charge in [-0.2, -0.15) is 0 Å². The number of carbonyl (C=O) groups is 3. The van der Waals surface area contributed by atoms with Crippen molar-refractivity contribution < 1.29 is 19.5 Å². The molecule has 1 rings (SSSR count). The van der Waals surface area contributed by atoms with Crippen LogP contribution in [0.25, 0.3) is 0 Å². The molecule has 7 nitrogen and oxygen atoms in total.